The summed E-state index contributed by atoms with van der Waals surface area (Å²) in [5.74, 6) is -0.533. The van der Waals surface area contributed by atoms with Gasteiger partial charge >= 0.3 is 5.97 Å². The zero-order chi connectivity index (χ0) is 12.5. The number of nitrogens with one attached hydrogen (secondary N) is 1. The molecule has 0 unspecified atom stereocenters. The molecule has 1 aromatic carbocycles. The van der Waals surface area contributed by atoms with E-state index in [-0.39, 0.29) is 5.69 Å². The van der Waals surface area contributed by atoms with Gasteiger partial charge < -0.3 is 10.1 Å². The molecule has 0 radical (unpaired) electrons. The van der Waals surface area contributed by atoms with Gasteiger partial charge in [0.1, 0.15) is 11.5 Å². The fourth-order valence-corrected chi connectivity index (χ4v) is 1.69. The third-order valence-corrected chi connectivity index (χ3v) is 2.55. The molecule has 0 saturated carbocycles. The lowest BCUT2D eigenvalue weighted by Gasteiger charge is -1.99. The molecule has 0 aliphatic carbocycles. The van der Waals surface area contributed by atoms with Crippen molar-refractivity contribution < 1.29 is 9.90 Å². The Labute approximate surface area is 101 Å². The molecule has 6 heteroatoms. The number of aromatic nitrogens is 4. The van der Waals surface area contributed by atoms with E-state index in [9.17, 15) is 4.79 Å². The smallest absolute Gasteiger partial charge is 0.353 e. The number of benzene rings is 1. The molecule has 2 N–H and O–H groups in total. The molecule has 0 bridgehead atoms. The first-order valence-corrected chi connectivity index (χ1v) is 5.23. The maximum atomic E-state index is 10.8. The first kappa shape index (κ1) is 10.4. The molecule has 0 spiro atoms. The lowest BCUT2D eigenvalue weighted by Crippen LogP contribution is -1.95. The van der Waals surface area contributed by atoms with Crippen LogP contribution in [-0.4, -0.2) is 31.0 Å². The van der Waals surface area contributed by atoms with E-state index in [0.29, 0.717) is 5.82 Å². The Morgan fingerprint density at radius 3 is 2.61 bits per heavy atom. The van der Waals surface area contributed by atoms with E-state index in [1.165, 1.54) is 6.20 Å². The van der Waals surface area contributed by atoms with E-state index in [4.69, 9.17) is 5.11 Å². The van der Waals surface area contributed by atoms with Crippen LogP contribution in [0.2, 0.25) is 0 Å². The summed E-state index contributed by atoms with van der Waals surface area (Å²) in [6, 6.07) is 5.45. The summed E-state index contributed by atoms with van der Waals surface area (Å²) < 4.78 is 0. The Balaban J connectivity index is 2.10. The quantitative estimate of drug-likeness (QED) is 0.711. The number of carboxylic acids is 1. The largest absolute Gasteiger partial charge is 0.477 e. The van der Waals surface area contributed by atoms with Crippen LogP contribution in [0.4, 0.5) is 0 Å². The number of fused-ring (bicyclic) bond motifs is 1. The molecule has 0 fully saturated rings. The molecule has 18 heavy (non-hydrogen) atoms. The molecule has 3 rings (SSSR count). The average Bonchev–Trinajstić information content (AvgIpc) is 2.88. The highest BCUT2D eigenvalue weighted by molar-refractivity contribution is 5.86. The maximum absolute atomic E-state index is 10.8. The number of H-pyrrole nitrogens is 1. The van der Waals surface area contributed by atoms with Crippen LogP contribution in [-0.2, 0) is 0 Å². The van der Waals surface area contributed by atoms with Crippen molar-refractivity contribution in [3.8, 4) is 11.4 Å². The van der Waals surface area contributed by atoms with E-state index in [1.54, 1.807) is 12.4 Å². The summed E-state index contributed by atoms with van der Waals surface area (Å²) in [5.41, 5.74) is 2.36. The highest BCUT2D eigenvalue weighted by Gasteiger charge is 2.09. The van der Waals surface area contributed by atoms with Crippen LogP contribution in [0, 0.1) is 0 Å². The minimum atomic E-state index is -1.03. The number of imidazole rings is 1. The van der Waals surface area contributed by atoms with Crippen molar-refractivity contribution in [3.63, 3.8) is 0 Å². The van der Waals surface area contributed by atoms with Crippen molar-refractivity contribution >= 4 is 17.0 Å². The molecule has 2 aromatic heterocycles. The zero-order valence-corrected chi connectivity index (χ0v) is 9.16. The second kappa shape index (κ2) is 3.92. The fraction of sp³-hybridized carbons (Fsp3) is 0. The Morgan fingerprint density at radius 2 is 1.89 bits per heavy atom. The van der Waals surface area contributed by atoms with Crippen LogP contribution in [0.25, 0.3) is 22.4 Å². The van der Waals surface area contributed by atoms with Crippen molar-refractivity contribution in [1.82, 2.24) is 19.9 Å². The summed E-state index contributed by atoms with van der Waals surface area (Å²) >= 11 is 0. The molecular weight excluding hydrogens is 232 g/mol. The van der Waals surface area contributed by atoms with Gasteiger partial charge in [-0.15, -0.1) is 0 Å². The molecule has 0 aliphatic rings. The van der Waals surface area contributed by atoms with Gasteiger partial charge in [-0.05, 0) is 18.2 Å². The summed E-state index contributed by atoms with van der Waals surface area (Å²) in [7, 11) is 0. The van der Waals surface area contributed by atoms with Crippen molar-refractivity contribution in [2.45, 2.75) is 0 Å². The topological polar surface area (TPSA) is 91.8 Å². The lowest BCUT2D eigenvalue weighted by atomic mass is 10.2. The van der Waals surface area contributed by atoms with Crippen LogP contribution in [0.3, 0.4) is 0 Å². The first-order chi connectivity index (χ1) is 8.74. The SMILES string of the molecule is O=C(O)c1cnc(-c2ccc3nccnc3c2)[nH]1. The van der Waals surface area contributed by atoms with Crippen molar-refractivity contribution in [2.75, 3.05) is 0 Å². The Morgan fingerprint density at radius 1 is 1.11 bits per heavy atom. The molecule has 0 saturated heterocycles. The third-order valence-electron chi connectivity index (χ3n) is 2.55. The second-order valence-corrected chi connectivity index (χ2v) is 3.71. The van der Waals surface area contributed by atoms with Crippen molar-refractivity contribution in [1.29, 1.82) is 0 Å². The number of carbonyl (C=O) groups is 1. The van der Waals surface area contributed by atoms with Gasteiger partial charge in [0, 0.05) is 18.0 Å². The van der Waals surface area contributed by atoms with Gasteiger partial charge in [-0.2, -0.15) is 0 Å². The molecule has 0 amide bonds. The van der Waals surface area contributed by atoms with Crippen LogP contribution >= 0.6 is 0 Å². The van der Waals surface area contributed by atoms with E-state index >= 15 is 0 Å². The van der Waals surface area contributed by atoms with Gasteiger partial charge in [-0.3, -0.25) is 9.97 Å². The van der Waals surface area contributed by atoms with E-state index in [2.05, 4.69) is 19.9 Å². The summed E-state index contributed by atoms with van der Waals surface area (Å²) in [5, 5.41) is 8.82. The molecule has 6 nitrogen and oxygen atoms in total. The molecule has 3 aromatic rings. The maximum Gasteiger partial charge on any atom is 0.353 e. The van der Waals surface area contributed by atoms with E-state index < -0.39 is 5.97 Å². The molecule has 0 atom stereocenters. The molecule has 0 aliphatic heterocycles. The Hall–Kier alpha value is -2.76. The predicted octanol–water partition coefficient (Wildman–Crippen LogP) is 1.72. The van der Waals surface area contributed by atoms with Crippen LogP contribution in [0.5, 0.6) is 0 Å². The van der Waals surface area contributed by atoms with Gasteiger partial charge in [-0.1, -0.05) is 0 Å². The third kappa shape index (κ3) is 1.69. The summed E-state index contributed by atoms with van der Waals surface area (Å²) in [4.78, 5) is 25.9. The number of rotatable bonds is 2. The standard InChI is InChI=1S/C12H8N4O2/c17-12(18)10-6-15-11(16-10)7-1-2-8-9(5-7)14-4-3-13-8/h1-6H,(H,15,16)(H,17,18). The van der Waals surface area contributed by atoms with E-state index in [0.717, 1.165) is 16.6 Å². The number of aromatic amines is 1. The predicted molar refractivity (Wildman–Crippen MR) is 64.1 cm³/mol. The number of hydrogen-bond acceptors (Lipinski definition) is 4. The highest BCUT2D eigenvalue weighted by Crippen LogP contribution is 2.19. The number of nitrogens with zero attached hydrogens (tertiary/aromatic N) is 3. The fourth-order valence-electron chi connectivity index (χ4n) is 1.69. The number of hydrogen-bond donors (Lipinski definition) is 2. The normalized spacial score (nSPS) is 10.7. The monoisotopic (exact) mass is 240 g/mol. The highest BCUT2D eigenvalue weighted by atomic mass is 16.4. The van der Waals surface area contributed by atoms with Crippen molar-refractivity contribution in [2.24, 2.45) is 0 Å². The van der Waals surface area contributed by atoms with Gasteiger partial charge in [0.25, 0.3) is 0 Å². The zero-order valence-electron chi connectivity index (χ0n) is 9.16. The minimum absolute atomic E-state index is 0.0595. The summed E-state index contributed by atoms with van der Waals surface area (Å²) in [6.07, 6.45) is 4.52. The van der Waals surface area contributed by atoms with Gasteiger partial charge in [0.2, 0.25) is 0 Å². The van der Waals surface area contributed by atoms with Crippen molar-refractivity contribution in [3.05, 3.63) is 42.5 Å². The van der Waals surface area contributed by atoms with Gasteiger partial charge in [0.15, 0.2) is 0 Å². The lowest BCUT2D eigenvalue weighted by molar-refractivity contribution is 0.0691. The van der Waals surface area contributed by atoms with Crippen LogP contribution < -0.4 is 0 Å². The average molecular weight is 240 g/mol. The minimum Gasteiger partial charge on any atom is -0.477 e. The van der Waals surface area contributed by atoms with E-state index in [1.807, 2.05) is 18.2 Å². The molecule has 2 heterocycles. The van der Waals surface area contributed by atoms with Gasteiger partial charge in [0.05, 0.1) is 17.2 Å². The first-order valence-electron chi connectivity index (χ1n) is 5.23. The number of aromatic carboxylic acids is 1. The Kier molecular flexibility index (Phi) is 2.26. The second-order valence-electron chi connectivity index (χ2n) is 3.71. The Bertz CT molecular complexity index is 736. The van der Waals surface area contributed by atoms with Crippen LogP contribution in [0.15, 0.2) is 36.8 Å². The van der Waals surface area contributed by atoms with Gasteiger partial charge in [-0.25, -0.2) is 9.78 Å². The molecule has 88 valence electrons. The van der Waals surface area contributed by atoms with Crippen LogP contribution in [0.1, 0.15) is 10.5 Å². The summed E-state index contributed by atoms with van der Waals surface area (Å²) in [6.45, 7) is 0. The number of carboxylic acid groups (broad SMARTS) is 1. The molecular formula is C12H8N4O2.